The number of hydrogen-bond donors (Lipinski definition) is 0. The monoisotopic (exact) mass is 542 g/mol. The molecule has 0 aliphatic carbocycles. The summed E-state index contributed by atoms with van der Waals surface area (Å²) >= 11 is 0. The SMILES string of the molecule is CCN(CC)c1ccc(C(C=CC=C(c2ccccc2)c2ccccc2)c2ccc(N(CC)CC)cc2C)c(C)c1. The maximum atomic E-state index is 2.42. The maximum Gasteiger partial charge on any atom is 0.0368 e. The summed E-state index contributed by atoms with van der Waals surface area (Å²) in [6.07, 6.45) is 6.91. The van der Waals surface area contributed by atoms with Crippen LogP contribution in [0.15, 0.2) is 115 Å². The number of aryl methyl sites for hydroxylation is 2. The van der Waals surface area contributed by atoms with Gasteiger partial charge in [-0.1, -0.05) is 91.0 Å². The summed E-state index contributed by atoms with van der Waals surface area (Å²) < 4.78 is 0. The van der Waals surface area contributed by atoms with Crippen molar-refractivity contribution in [2.75, 3.05) is 36.0 Å². The first-order valence-corrected chi connectivity index (χ1v) is 15.2. The molecule has 0 bridgehead atoms. The summed E-state index contributed by atoms with van der Waals surface area (Å²) in [6, 6.07) is 35.4. The van der Waals surface area contributed by atoms with Gasteiger partial charge in [0.25, 0.3) is 0 Å². The third-order valence-corrected chi connectivity index (χ3v) is 8.17. The van der Waals surface area contributed by atoms with Gasteiger partial charge in [0, 0.05) is 43.5 Å². The highest BCUT2D eigenvalue weighted by Crippen LogP contribution is 2.35. The second kappa shape index (κ2) is 14.6. The Labute approximate surface area is 248 Å². The van der Waals surface area contributed by atoms with Gasteiger partial charge in [-0.3, -0.25) is 0 Å². The largest absolute Gasteiger partial charge is 0.372 e. The van der Waals surface area contributed by atoms with Crippen molar-refractivity contribution in [3.05, 3.63) is 149 Å². The summed E-state index contributed by atoms with van der Waals surface area (Å²) in [6.45, 7) is 17.5. The molecule has 0 aliphatic rings. The Balaban J connectivity index is 1.81. The van der Waals surface area contributed by atoms with Crippen LogP contribution in [-0.4, -0.2) is 26.2 Å². The molecule has 0 saturated heterocycles. The van der Waals surface area contributed by atoms with E-state index in [9.17, 15) is 0 Å². The summed E-state index contributed by atoms with van der Waals surface area (Å²) in [4.78, 5) is 4.83. The second-order valence-electron chi connectivity index (χ2n) is 10.6. The zero-order valence-corrected chi connectivity index (χ0v) is 25.8. The van der Waals surface area contributed by atoms with Crippen LogP contribution in [0.2, 0.25) is 0 Å². The molecule has 0 saturated carbocycles. The zero-order chi connectivity index (χ0) is 29.2. The first-order chi connectivity index (χ1) is 20.0. The molecule has 4 aromatic rings. The van der Waals surface area contributed by atoms with Gasteiger partial charge >= 0.3 is 0 Å². The fourth-order valence-electron chi connectivity index (χ4n) is 5.82. The Morgan fingerprint density at radius 2 is 1.00 bits per heavy atom. The van der Waals surface area contributed by atoms with Crippen LogP contribution in [0.3, 0.4) is 0 Å². The number of nitrogens with zero attached hydrogens (tertiary/aromatic N) is 2. The van der Waals surface area contributed by atoms with E-state index in [0.717, 1.165) is 26.2 Å². The Hall–Kier alpha value is -4.04. The molecule has 0 aromatic heterocycles. The van der Waals surface area contributed by atoms with Crippen LogP contribution in [0.1, 0.15) is 67.0 Å². The van der Waals surface area contributed by atoms with Crippen LogP contribution in [0.4, 0.5) is 11.4 Å². The molecule has 0 spiro atoms. The van der Waals surface area contributed by atoms with Crippen molar-refractivity contribution in [3.63, 3.8) is 0 Å². The lowest BCUT2D eigenvalue weighted by Gasteiger charge is -2.26. The molecule has 0 N–H and O–H groups in total. The third-order valence-electron chi connectivity index (χ3n) is 8.17. The number of benzene rings is 4. The highest BCUT2D eigenvalue weighted by Gasteiger charge is 2.18. The second-order valence-corrected chi connectivity index (χ2v) is 10.6. The lowest BCUT2D eigenvalue weighted by molar-refractivity contribution is 0.861. The molecule has 0 radical (unpaired) electrons. The van der Waals surface area contributed by atoms with Gasteiger partial charge in [-0.25, -0.2) is 0 Å². The standard InChI is InChI=1S/C39H46N2/c1-7-40(8-2)34-24-26-36(30(5)28-34)39(37-27-25-35(29-31(37)6)41(9-3)10-4)23-17-22-38(32-18-13-11-14-19-32)33-20-15-12-16-21-33/h11-29,39H,7-10H2,1-6H3. The molecule has 0 amide bonds. The molecule has 0 heterocycles. The molecule has 2 nitrogen and oxygen atoms in total. The molecule has 4 aromatic carbocycles. The van der Waals surface area contributed by atoms with E-state index in [1.807, 2.05) is 0 Å². The summed E-state index contributed by atoms with van der Waals surface area (Å²) in [5, 5.41) is 0. The number of anilines is 2. The minimum absolute atomic E-state index is 0.149. The Morgan fingerprint density at radius 3 is 1.37 bits per heavy atom. The first kappa shape index (κ1) is 29.9. The van der Waals surface area contributed by atoms with E-state index in [-0.39, 0.29) is 5.92 Å². The molecule has 0 atom stereocenters. The molecule has 0 unspecified atom stereocenters. The average molecular weight is 543 g/mol. The van der Waals surface area contributed by atoms with E-state index in [1.165, 1.54) is 50.3 Å². The average Bonchev–Trinajstić information content (AvgIpc) is 3.00. The van der Waals surface area contributed by atoms with E-state index in [1.54, 1.807) is 0 Å². The maximum absolute atomic E-state index is 2.42. The highest BCUT2D eigenvalue weighted by molar-refractivity contribution is 5.80. The fraction of sp³-hybridized carbons (Fsp3) is 0.282. The molecule has 41 heavy (non-hydrogen) atoms. The van der Waals surface area contributed by atoms with E-state index in [2.05, 4.69) is 167 Å². The predicted molar refractivity (Wildman–Crippen MR) is 180 cm³/mol. The summed E-state index contributed by atoms with van der Waals surface area (Å²) in [5.41, 5.74) is 11.6. The zero-order valence-electron chi connectivity index (χ0n) is 25.8. The number of rotatable bonds is 12. The van der Waals surface area contributed by atoms with Crippen molar-refractivity contribution < 1.29 is 0 Å². The van der Waals surface area contributed by atoms with Gasteiger partial charge in [0.05, 0.1) is 0 Å². The third kappa shape index (κ3) is 7.19. The van der Waals surface area contributed by atoms with Crippen LogP contribution in [0.25, 0.3) is 5.57 Å². The highest BCUT2D eigenvalue weighted by atomic mass is 15.1. The van der Waals surface area contributed by atoms with Crippen LogP contribution in [0.5, 0.6) is 0 Å². The Kier molecular flexibility index (Phi) is 10.6. The van der Waals surface area contributed by atoms with Crippen molar-refractivity contribution in [2.45, 2.75) is 47.5 Å². The Morgan fingerprint density at radius 1 is 0.585 bits per heavy atom. The first-order valence-electron chi connectivity index (χ1n) is 15.2. The van der Waals surface area contributed by atoms with Gasteiger partial charge in [-0.05, 0) is 105 Å². The van der Waals surface area contributed by atoms with E-state index in [0.29, 0.717) is 0 Å². The van der Waals surface area contributed by atoms with Crippen LogP contribution >= 0.6 is 0 Å². The lowest BCUT2D eigenvalue weighted by atomic mass is 9.85. The quantitative estimate of drug-likeness (QED) is 0.164. The van der Waals surface area contributed by atoms with Gasteiger partial charge in [-0.15, -0.1) is 0 Å². The molecular formula is C39H46N2. The predicted octanol–water partition coefficient (Wildman–Crippen LogP) is 9.82. The number of hydrogen-bond acceptors (Lipinski definition) is 2. The smallest absolute Gasteiger partial charge is 0.0368 e. The van der Waals surface area contributed by atoms with Crippen molar-refractivity contribution in [2.24, 2.45) is 0 Å². The van der Waals surface area contributed by atoms with Crippen molar-refractivity contribution in [1.29, 1.82) is 0 Å². The molecular weight excluding hydrogens is 496 g/mol. The minimum atomic E-state index is 0.149. The molecule has 4 rings (SSSR count). The topological polar surface area (TPSA) is 6.48 Å². The van der Waals surface area contributed by atoms with Gasteiger partial charge in [0.2, 0.25) is 0 Å². The van der Waals surface area contributed by atoms with E-state index >= 15 is 0 Å². The van der Waals surface area contributed by atoms with Crippen molar-refractivity contribution >= 4 is 16.9 Å². The van der Waals surface area contributed by atoms with Gasteiger partial charge in [0.1, 0.15) is 0 Å². The van der Waals surface area contributed by atoms with E-state index in [4.69, 9.17) is 0 Å². The fourth-order valence-corrected chi connectivity index (χ4v) is 5.82. The Bertz CT molecular complexity index is 1340. The van der Waals surface area contributed by atoms with Gasteiger partial charge < -0.3 is 9.80 Å². The normalized spacial score (nSPS) is 11.2. The van der Waals surface area contributed by atoms with E-state index < -0.39 is 0 Å². The van der Waals surface area contributed by atoms with Crippen LogP contribution < -0.4 is 9.80 Å². The van der Waals surface area contributed by atoms with Crippen LogP contribution in [-0.2, 0) is 0 Å². The lowest BCUT2D eigenvalue weighted by Crippen LogP contribution is -2.22. The van der Waals surface area contributed by atoms with Crippen LogP contribution in [0, 0.1) is 13.8 Å². The number of allylic oxidation sites excluding steroid dienone is 3. The molecule has 212 valence electrons. The summed E-state index contributed by atoms with van der Waals surface area (Å²) in [5.74, 6) is 0.149. The molecule has 0 fully saturated rings. The van der Waals surface area contributed by atoms with Crippen molar-refractivity contribution in [3.8, 4) is 0 Å². The van der Waals surface area contributed by atoms with Gasteiger partial charge in [0.15, 0.2) is 0 Å². The van der Waals surface area contributed by atoms with Gasteiger partial charge in [-0.2, -0.15) is 0 Å². The van der Waals surface area contributed by atoms with Crippen molar-refractivity contribution in [1.82, 2.24) is 0 Å². The molecule has 0 aliphatic heterocycles. The molecule has 2 heteroatoms. The summed E-state index contributed by atoms with van der Waals surface area (Å²) in [7, 11) is 0. The minimum Gasteiger partial charge on any atom is -0.372 e.